The molecule has 0 bridgehead atoms. The Hall–Kier alpha value is -0.770. The van der Waals surface area contributed by atoms with Gasteiger partial charge in [0, 0.05) is 32.2 Å². The molecular formula is C10H20N2O2. The van der Waals surface area contributed by atoms with Crippen molar-refractivity contribution >= 4 is 6.03 Å². The van der Waals surface area contributed by atoms with Crippen molar-refractivity contribution in [2.45, 2.75) is 26.3 Å². The Morgan fingerprint density at radius 1 is 1.64 bits per heavy atom. The van der Waals surface area contributed by atoms with Crippen LogP contribution in [0, 0.1) is 5.92 Å². The highest BCUT2D eigenvalue weighted by molar-refractivity contribution is 5.74. The van der Waals surface area contributed by atoms with E-state index in [1.54, 1.807) is 7.11 Å². The monoisotopic (exact) mass is 200 g/mol. The van der Waals surface area contributed by atoms with E-state index in [0.717, 1.165) is 26.1 Å². The van der Waals surface area contributed by atoms with Crippen LogP contribution in [0.4, 0.5) is 4.79 Å². The minimum Gasteiger partial charge on any atom is -0.384 e. The maximum atomic E-state index is 11.6. The van der Waals surface area contributed by atoms with Crippen LogP contribution in [-0.2, 0) is 4.74 Å². The maximum absolute atomic E-state index is 11.6. The van der Waals surface area contributed by atoms with Crippen LogP contribution in [0.2, 0.25) is 0 Å². The smallest absolute Gasteiger partial charge is 0.317 e. The lowest BCUT2D eigenvalue weighted by Gasteiger charge is -2.18. The van der Waals surface area contributed by atoms with Crippen molar-refractivity contribution in [3.8, 4) is 0 Å². The van der Waals surface area contributed by atoms with E-state index < -0.39 is 0 Å². The van der Waals surface area contributed by atoms with Gasteiger partial charge in [0.1, 0.15) is 0 Å². The molecule has 1 heterocycles. The van der Waals surface area contributed by atoms with Crippen molar-refractivity contribution in [1.29, 1.82) is 0 Å². The molecule has 0 saturated carbocycles. The van der Waals surface area contributed by atoms with Gasteiger partial charge in [-0.1, -0.05) is 0 Å². The summed E-state index contributed by atoms with van der Waals surface area (Å²) in [5.41, 5.74) is 0. The maximum Gasteiger partial charge on any atom is 0.317 e. The van der Waals surface area contributed by atoms with Crippen LogP contribution in [0.3, 0.4) is 0 Å². The third kappa shape index (κ3) is 3.18. The molecule has 4 heteroatoms. The van der Waals surface area contributed by atoms with Crippen molar-refractivity contribution in [2.75, 3.05) is 26.8 Å². The van der Waals surface area contributed by atoms with E-state index in [1.165, 1.54) is 0 Å². The first kappa shape index (κ1) is 11.3. The molecule has 1 N–H and O–H groups in total. The molecule has 0 aromatic heterocycles. The second-order valence-electron chi connectivity index (χ2n) is 4.16. The number of methoxy groups -OCH3 is 1. The largest absolute Gasteiger partial charge is 0.384 e. The number of hydrogen-bond acceptors (Lipinski definition) is 2. The van der Waals surface area contributed by atoms with Gasteiger partial charge in [0.25, 0.3) is 0 Å². The molecule has 1 fully saturated rings. The van der Waals surface area contributed by atoms with Gasteiger partial charge in [-0.3, -0.25) is 0 Å². The highest BCUT2D eigenvalue weighted by Gasteiger charge is 2.25. The molecule has 1 aliphatic heterocycles. The van der Waals surface area contributed by atoms with Crippen LogP contribution in [0.15, 0.2) is 0 Å². The van der Waals surface area contributed by atoms with Gasteiger partial charge >= 0.3 is 6.03 Å². The Balaban J connectivity index is 2.30. The van der Waals surface area contributed by atoms with Crippen LogP contribution in [0.1, 0.15) is 20.3 Å². The fourth-order valence-corrected chi connectivity index (χ4v) is 1.73. The first-order valence-corrected chi connectivity index (χ1v) is 5.18. The number of nitrogens with zero attached hydrogens (tertiary/aromatic N) is 1. The summed E-state index contributed by atoms with van der Waals surface area (Å²) >= 11 is 0. The summed E-state index contributed by atoms with van der Waals surface area (Å²) in [6.07, 6.45) is 1.05. The quantitative estimate of drug-likeness (QED) is 0.740. The number of urea groups is 1. The summed E-state index contributed by atoms with van der Waals surface area (Å²) in [6, 6.07) is 0.266. The van der Waals surface area contributed by atoms with Crippen LogP contribution in [0.5, 0.6) is 0 Å². The zero-order valence-electron chi connectivity index (χ0n) is 9.25. The van der Waals surface area contributed by atoms with Gasteiger partial charge in [-0.25, -0.2) is 4.79 Å². The van der Waals surface area contributed by atoms with E-state index in [1.807, 2.05) is 18.7 Å². The van der Waals surface area contributed by atoms with Crippen LogP contribution in [-0.4, -0.2) is 43.8 Å². The van der Waals surface area contributed by atoms with E-state index in [-0.39, 0.29) is 12.1 Å². The molecule has 0 aliphatic carbocycles. The predicted octanol–water partition coefficient (Wildman–Crippen LogP) is 1.07. The highest BCUT2D eigenvalue weighted by Crippen LogP contribution is 2.16. The zero-order valence-corrected chi connectivity index (χ0v) is 9.25. The molecule has 14 heavy (non-hydrogen) atoms. The number of amides is 2. The van der Waals surface area contributed by atoms with Gasteiger partial charge in [-0.15, -0.1) is 0 Å². The summed E-state index contributed by atoms with van der Waals surface area (Å²) in [5, 5.41) is 2.89. The molecule has 4 nitrogen and oxygen atoms in total. The van der Waals surface area contributed by atoms with Crippen molar-refractivity contribution in [3.05, 3.63) is 0 Å². The third-order valence-corrected chi connectivity index (χ3v) is 2.39. The number of carbonyl (C=O) groups excluding carboxylic acids is 1. The average molecular weight is 200 g/mol. The lowest BCUT2D eigenvalue weighted by Crippen LogP contribution is -2.41. The van der Waals surface area contributed by atoms with Gasteiger partial charge in [0.15, 0.2) is 0 Å². The highest BCUT2D eigenvalue weighted by atomic mass is 16.5. The van der Waals surface area contributed by atoms with E-state index >= 15 is 0 Å². The molecule has 82 valence electrons. The average Bonchev–Trinajstić information content (AvgIpc) is 2.52. The molecule has 1 saturated heterocycles. The summed E-state index contributed by atoms with van der Waals surface area (Å²) in [6.45, 7) is 6.38. The van der Waals surface area contributed by atoms with E-state index in [9.17, 15) is 4.79 Å². The Morgan fingerprint density at radius 3 is 2.93 bits per heavy atom. The van der Waals surface area contributed by atoms with Crippen molar-refractivity contribution in [3.63, 3.8) is 0 Å². The van der Waals surface area contributed by atoms with Crippen LogP contribution >= 0.6 is 0 Å². The molecule has 1 rings (SSSR count). The second kappa shape index (κ2) is 5.20. The molecule has 1 unspecified atom stereocenters. The molecule has 0 aromatic carbocycles. The molecule has 0 radical (unpaired) electrons. The number of ether oxygens (including phenoxy) is 1. The van der Waals surface area contributed by atoms with Gasteiger partial charge < -0.3 is 15.0 Å². The SMILES string of the molecule is COCC1CCN(C(=O)NC(C)C)C1. The number of carbonyl (C=O) groups is 1. The van der Waals surface area contributed by atoms with Crippen LogP contribution in [0.25, 0.3) is 0 Å². The molecule has 1 aliphatic rings. The molecule has 2 amide bonds. The van der Waals surface area contributed by atoms with Gasteiger partial charge in [-0.05, 0) is 20.3 Å². The second-order valence-corrected chi connectivity index (χ2v) is 4.16. The lowest BCUT2D eigenvalue weighted by molar-refractivity contribution is 0.153. The summed E-state index contributed by atoms with van der Waals surface area (Å²) in [7, 11) is 1.71. The molecule has 1 atom stereocenters. The van der Waals surface area contributed by atoms with E-state index in [2.05, 4.69) is 5.32 Å². The Labute approximate surface area is 85.6 Å². The topological polar surface area (TPSA) is 41.6 Å². The standard InChI is InChI=1S/C10H20N2O2/c1-8(2)11-10(13)12-5-4-9(6-12)7-14-3/h8-9H,4-7H2,1-3H3,(H,11,13). The van der Waals surface area contributed by atoms with Gasteiger partial charge in [0.2, 0.25) is 0 Å². The fourth-order valence-electron chi connectivity index (χ4n) is 1.73. The van der Waals surface area contributed by atoms with Crippen molar-refractivity contribution in [1.82, 2.24) is 10.2 Å². The minimum atomic E-state index is 0.0543. The van der Waals surface area contributed by atoms with E-state index in [0.29, 0.717) is 5.92 Å². The fraction of sp³-hybridized carbons (Fsp3) is 0.900. The van der Waals surface area contributed by atoms with Gasteiger partial charge in [-0.2, -0.15) is 0 Å². The Morgan fingerprint density at radius 2 is 2.36 bits per heavy atom. The summed E-state index contributed by atoms with van der Waals surface area (Å²) < 4.78 is 5.08. The predicted molar refractivity (Wildman–Crippen MR) is 55.2 cm³/mol. The molecule has 0 aromatic rings. The lowest BCUT2D eigenvalue weighted by atomic mass is 10.1. The number of likely N-dealkylation sites (tertiary alicyclic amines) is 1. The first-order chi connectivity index (χ1) is 6.63. The van der Waals surface area contributed by atoms with Crippen LogP contribution < -0.4 is 5.32 Å². The number of rotatable bonds is 3. The molecule has 0 spiro atoms. The summed E-state index contributed by atoms with van der Waals surface area (Å²) in [5.74, 6) is 0.512. The first-order valence-electron chi connectivity index (χ1n) is 5.18. The summed E-state index contributed by atoms with van der Waals surface area (Å²) in [4.78, 5) is 13.4. The number of hydrogen-bond donors (Lipinski definition) is 1. The zero-order chi connectivity index (χ0) is 10.6. The molecular weight excluding hydrogens is 180 g/mol. The Kier molecular flexibility index (Phi) is 4.20. The van der Waals surface area contributed by atoms with E-state index in [4.69, 9.17) is 4.74 Å². The minimum absolute atomic E-state index is 0.0543. The van der Waals surface area contributed by atoms with Crippen molar-refractivity contribution in [2.24, 2.45) is 5.92 Å². The number of nitrogens with one attached hydrogen (secondary N) is 1. The van der Waals surface area contributed by atoms with Gasteiger partial charge in [0.05, 0.1) is 6.61 Å². The third-order valence-electron chi connectivity index (χ3n) is 2.39. The normalized spacial score (nSPS) is 21.7. The van der Waals surface area contributed by atoms with Crippen molar-refractivity contribution < 1.29 is 9.53 Å². The Bertz CT molecular complexity index is 195.